The molecular weight excluding hydrogens is 352 g/mol. The van der Waals surface area contributed by atoms with Gasteiger partial charge in [-0.1, -0.05) is 0 Å². The number of carbonyl (C=O) groups excluding carboxylic acids is 3. The lowest BCUT2D eigenvalue weighted by molar-refractivity contribution is 0.0955. The number of nitrogens with one attached hydrogen (secondary N) is 4. The van der Waals surface area contributed by atoms with E-state index in [4.69, 9.17) is 16.9 Å². The zero-order valence-corrected chi connectivity index (χ0v) is 15.0. The van der Waals surface area contributed by atoms with Crippen LogP contribution in [0.1, 0.15) is 27.3 Å². The fourth-order valence-electron chi connectivity index (χ4n) is 2.46. The summed E-state index contributed by atoms with van der Waals surface area (Å²) in [5, 5.41) is 14.9. The number of amidine groups is 1. The van der Waals surface area contributed by atoms with Gasteiger partial charge in [0.15, 0.2) is 0 Å². The molecule has 0 spiro atoms. The van der Waals surface area contributed by atoms with Crippen LogP contribution in [0.5, 0.6) is 0 Å². The predicted molar refractivity (Wildman–Crippen MR) is 101 cm³/mol. The molecule has 0 aliphatic carbocycles. The Bertz CT molecular complexity index is 896. The van der Waals surface area contributed by atoms with Crippen molar-refractivity contribution in [3.63, 3.8) is 0 Å². The van der Waals surface area contributed by atoms with Gasteiger partial charge in [0.2, 0.25) is 0 Å². The van der Waals surface area contributed by atoms with Crippen LogP contribution in [0, 0.1) is 5.41 Å². The molecule has 0 aromatic carbocycles. The van der Waals surface area contributed by atoms with Crippen LogP contribution in [0.15, 0.2) is 24.7 Å². The van der Waals surface area contributed by atoms with Crippen molar-refractivity contribution >= 4 is 35.1 Å². The highest BCUT2D eigenvalue weighted by Crippen LogP contribution is 2.19. The highest BCUT2D eigenvalue weighted by Gasteiger charge is 2.18. The lowest BCUT2D eigenvalue weighted by Gasteiger charge is -2.08. The van der Waals surface area contributed by atoms with Crippen molar-refractivity contribution in [1.82, 2.24) is 14.5 Å². The number of nitrogens with two attached hydrogens (primary N) is 2. The van der Waals surface area contributed by atoms with Crippen LogP contribution in [0.4, 0.5) is 16.2 Å². The summed E-state index contributed by atoms with van der Waals surface area (Å²) in [6.07, 6.45) is 4.95. The first-order valence-corrected chi connectivity index (χ1v) is 7.98. The molecule has 4 amide bonds. The van der Waals surface area contributed by atoms with E-state index in [9.17, 15) is 14.4 Å². The zero-order valence-electron chi connectivity index (χ0n) is 15.0. The van der Waals surface area contributed by atoms with E-state index in [1.807, 2.05) is 0 Å². The van der Waals surface area contributed by atoms with Crippen molar-refractivity contribution in [2.24, 2.45) is 25.6 Å². The number of rotatable bonds is 7. The smallest absolute Gasteiger partial charge is 0.316 e. The van der Waals surface area contributed by atoms with Gasteiger partial charge >= 0.3 is 6.03 Å². The SMILES string of the molecule is Cn1cc(NC(=O)c2cc(NC(N)=O)cn2C)c(C(=O)NCCC(=N)N)c1. The zero-order chi connectivity index (χ0) is 20.1. The van der Waals surface area contributed by atoms with Crippen LogP contribution in [-0.4, -0.2) is 39.4 Å². The van der Waals surface area contributed by atoms with Crippen LogP contribution >= 0.6 is 0 Å². The fourth-order valence-corrected chi connectivity index (χ4v) is 2.46. The Balaban J connectivity index is 2.14. The number of carbonyl (C=O) groups is 3. The number of anilines is 2. The Kier molecular flexibility index (Phi) is 5.85. The van der Waals surface area contributed by atoms with Gasteiger partial charge in [0.1, 0.15) is 5.69 Å². The number of nitrogens with zero attached hydrogens (tertiary/aromatic N) is 2. The van der Waals surface area contributed by atoms with Crippen LogP contribution < -0.4 is 27.4 Å². The van der Waals surface area contributed by atoms with E-state index < -0.39 is 17.8 Å². The van der Waals surface area contributed by atoms with E-state index >= 15 is 0 Å². The van der Waals surface area contributed by atoms with Gasteiger partial charge < -0.3 is 36.6 Å². The third-order valence-corrected chi connectivity index (χ3v) is 3.63. The number of urea groups is 1. The molecule has 0 saturated heterocycles. The highest BCUT2D eigenvalue weighted by atomic mass is 16.2. The standard InChI is InChI=1S/C16H22N8O3/c1-23-7-10(14(25)20-4-3-13(17)18)11(8-23)22-15(26)12-5-9(6-24(12)2)21-16(19)27/h5-8H,3-4H2,1-2H3,(H3,17,18)(H,20,25)(H,22,26)(H3,19,21,27). The molecule has 2 heterocycles. The molecule has 8 N–H and O–H groups in total. The van der Waals surface area contributed by atoms with Gasteiger partial charge in [-0.05, 0) is 6.07 Å². The first kappa shape index (κ1) is 19.6. The lowest BCUT2D eigenvalue weighted by Crippen LogP contribution is -2.28. The summed E-state index contributed by atoms with van der Waals surface area (Å²) in [4.78, 5) is 35.8. The summed E-state index contributed by atoms with van der Waals surface area (Å²) in [5.41, 5.74) is 11.6. The van der Waals surface area contributed by atoms with Crippen molar-refractivity contribution < 1.29 is 14.4 Å². The molecule has 11 heteroatoms. The minimum atomic E-state index is -0.736. The molecule has 27 heavy (non-hydrogen) atoms. The second-order valence-electron chi connectivity index (χ2n) is 5.95. The number of aromatic nitrogens is 2. The molecule has 2 rings (SSSR count). The van der Waals surface area contributed by atoms with Crippen LogP contribution in [0.2, 0.25) is 0 Å². The molecule has 0 aliphatic rings. The van der Waals surface area contributed by atoms with Gasteiger partial charge in [0.05, 0.1) is 22.8 Å². The summed E-state index contributed by atoms with van der Waals surface area (Å²) in [5.74, 6) is -0.880. The van der Waals surface area contributed by atoms with Gasteiger partial charge in [-0.25, -0.2) is 4.79 Å². The quantitative estimate of drug-likeness (QED) is 0.299. The molecule has 144 valence electrons. The average molecular weight is 374 g/mol. The molecule has 0 unspecified atom stereocenters. The van der Waals surface area contributed by atoms with Gasteiger partial charge in [-0.15, -0.1) is 0 Å². The van der Waals surface area contributed by atoms with Crippen LogP contribution in [0.25, 0.3) is 0 Å². The maximum absolute atomic E-state index is 12.6. The average Bonchev–Trinajstić information content (AvgIpc) is 3.08. The minimum Gasteiger partial charge on any atom is -0.388 e. The normalized spacial score (nSPS) is 10.3. The number of hydrogen-bond acceptors (Lipinski definition) is 4. The Morgan fingerprint density at radius 2 is 1.78 bits per heavy atom. The maximum Gasteiger partial charge on any atom is 0.316 e. The van der Waals surface area contributed by atoms with Gasteiger partial charge in [0.25, 0.3) is 11.8 Å². The Labute approximate surface area is 155 Å². The molecule has 0 saturated carbocycles. The van der Waals surface area contributed by atoms with E-state index in [0.717, 1.165) is 0 Å². The summed E-state index contributed by atoms with van der Waals surface area (Å²) in [6.45, 7) is 0.219. The number of hydrogen-bond donors (Lipinski definition) is 6. The Morgan fingerprint density at radius 1 is 1.07 bits per heavy atom. The fraction of sp³-hybridized carbons (Fsp3) is 0.250. The van der Waals surface area contributed by atoms with E-state index in [2.05, 4.69) is 16.0 Å². The Hall–Kier alpha value is -3.76. The second kappa shape index (κ2) is 8.08. The molecule has 11 nitrogen and oxygen atoms in total. The third kappa shape index (κ3) is 5.11. The van der Waals surface area contributed by atoms with Crippen LogP contribution in [0.3, 0.4) is 0 Å². The van der Waals surface area contributed by atoms with Gasteiger partial charge in [-0.3, -0.25) is 15.0 Å². The first-order chi connectivity index (χ1) is 12.7. The van der Waals surface area contributed by atoms with Crippen molar-refractivity contribution in [1.29, 1.82) is 5.41 Å². The number of aryl methyl sites for hydroxylation is 2. The van der Waals surface area contributed by atoms with Crippen molar-refractivity contribution in [3.8, 4) is 0 Å². The molecule has 2 aromatic heterocycles. The Morgan fingerprint density at radius 3 is 2.41 bits per heavy atom. The van der Waals surface area contributed by atoms with Crippen molar-refractivity contribution in [2.45, 2.75) is 6.42 Å². The van der Waals surface area contributed by atoms with Gasteiger partial charge in [-0.2, -0.15) is 0 Å². The second-order valence-corrected chi connectivity index (χ2v) is 5.95. The first-order valence-electron chi connectivity index (χ1n) is 7.98. The third-order valence-electron chi connectivity index (χ3n) is 3.63. The van der Waals surface area contributed by atoms with E-state index in [1.54, 1.807) is 37.3 Å². The van der Waals surface area contributed by atoms with E-state index in [0.29, 0.717) is 11.4 Å². The molecule has 0 bridgehead atoms. The molecule has 2 aromatic rings. The summed E-state index contributed by atoms with van der Waals surface area (Å²) in [6, 6.07) is 0.732. The predicted octanol–water partition coefficient (Wildman–Crippen LogP) is 0.162. The number of primary amides is 1. The molecule has 0 atom stereocenters. The lowest BCUT2D eigenvalue weighted by atomic mass is 10.2. The molecule has 0 radical (unpaired) electrons. The van der Waals surface area contributed by atoms with Crippen molar-refractivity contribution in [2.75, 3.05) is 17.2 Å². The number of amides is 4. The van der Waals surface area contributed by atoms with E-state index in [-0.39, 0.29) is 30.1 Å². The summed E-state index contributed by atoms with van der Waals surface area (Å²) in [7, 11) is 3.36. The topological polar surface area (TPSA) is 173 Å². The molecule has 0 aliphatic heterocycles. The molecular formula is C16H22N8O3. The highest BCUT2D eigenvalue weighted by molar-refractivity contribution is 6.09. The van der Waals surface area contributed by atoms with Gasteiger partial charge in [0, 0.05) is 45.7 Å². The molecule has 0 fully saturated rings. The van der Waals surface area contributed by atoms with E-state index in [1.165, 1.54) is 10.6 Å². The summed E-state index contributed by atoms with van der Waals surface area (Å²) >= 11 is 0. The van der Waals surface area contributed by atoms with Crippen molar-refractivity contribution in [3.05, 3.63) is 35.9 Å². The van der Waals surface area contributed by atoms with Crippen LogP contribution in [-0.2, 0) is 14.1 Å². The largest absolute Gasteiger partial charge is 0.388 e. The summed E-state index contributed by atoms with van der Waals surface area (Å²) < 4.78 is 3.16. The monoisotopic (exact) mass is 374 g/mol. The minimum absolute atomic E-state index is 0.0269. The maximum atomic E-state index is 12.6.